The number of hydrogen-bond acceptors (Lipinski definition) is 8. The molecule has 0 radical (unpaired) electrons. The first-order valence-corrected chi connectivity index (χ1v) is 13.3. The third-order valence-electron chi connectivity index (χ3n) is 6.02. The summed E-state index contributed by atoms with van der Waals surface area (Å²) >= 11 is 3.08. The maximum atomic E-state index is 13.6. The van der Waals surface area contributed by atoms with Crippen molar-refractivity contribution in [3.63, 3.8) is 0 Å². The highest BCUT2D eigenvalue weighted by Crippen LogP contribution is 2.37. The molecule has 1 aromatic carbocycles. The molecule has 34 heavy (non-hydrogen) atoms. The lowest BCUT2D eigenvalue weighted by Gasteiger charge is -2.12. The fourth-order valence-corrected chi connectivity index (χ4v) is 6.83. The van der Waals surface area contributed by atoms with Gasteiger partial charge in [0, 0.05) is 41.8 Å². The van der Waals surface area contributed by atoms with Crippen LogP contribution >= 0.6 is 23.1 Å². The number of esters is 1. The lowest BCUT2D eigenvalue weighted by molar-refractivity contribution is 0.0491. The fourth-order valence-electron chi connectivity index (χ4n) is 4.47. The Kier molecular flexibility index (Phi) is 6.76. The van der Waals surface area contributed by atoms with Crippen LogP contribution in [0, 0.1) is 0 Å². The van der Waals surface area contributed by atoms with E-state index < -0.39 is 5.97 Å². The molecular weight excluding hydrogens is 472 g/mol. The predicted molar refractivity (Wildman–Crippen MR) is 134 cm³/mol. The summed E-state index contributed by atoms with van der Waals surface area (Å²) in [6.45, 7) is 3.13. The Labute approximate surface area is 205 Å². The number of thioether (sulfide) groups is 1. The van der Waals surface area contributed by atoms with Crippen molar-refractivity contribution in [3.8, 4) is 0 Å². The van der Waals surface area contributed by atoms with Gasteiger partial charge in [0.2, 0.25) is 5.76 Å². The first-order chi connectivity index (χ1) is 16.6. The number of rotatable bonds is 9. The molecular formula is C25H26N2O5S2. The second kappa shape index (κ2) is 9.93. The SMILES string of the molecule is CCOC(=O)c1oc2ccccc2c1CSc1nc2sc3c(c2c(=O)n1CCCOC)CCC3. The van der Waals surface area contributed by atoms with Crippen molar-refractivity contribution in [1.29, 1.82) is 0 Å². The molecule has 0 atom stereocenters. The van der Waals surface area contributed by atoms with Crippen LogP contribution in [0.4, 0.5) is 0 Å². The Hall–Kier alpha value is -2.62. The van der Waals surface area contributed by atoms with Crippen LogP contribution in [0.25, 0.3) is 21.2 Å². The highest BCUT2D eigenvalue weighted by Gasteiger charge is 2.25. The van der Waals surface area contributed by atoms with E-state index in [1.807, 2.05) is 24.3 Å². The summed E-state index contributed by atoms with van der Waals surface area (Å²) in [4.78, 5) is 33.2. The third-order valence-corrected chi connectivity index (χ3v) is 8.21. The summed E-state index contributed by atoms with van der Waals surface area (Å²) in [5, 5.41) is 2.29. The van der Waals surface area contributed by atoms with Gasteiger partial charge < -0.3 is 13.9 Å². The zero-order valence-electron chi connectivity index (χ0n) is 19.2. The molecule has 0 aliphatic heterocycles. The van der Waals surface area contributed by atoms with Crippen LogP contribution in [0.1, 0.15) is 46.3 Å². The number of nitrogens with zero attached hydrogens (tertiary/aromatic N) is 2. The molecule has 178 valence electrons. The first-order valence-electron chi connectivity index (χ1n) is 11.5. The number of carbonyl (C=O) groups is 1. The van der Waals surface area contributed by atoms with E-state index in [9.17, 15) is 9.59 Å². The molecule has 0 fully saturated rings. The number of ether oxygens (including phenoxy) is 2. The number of hydrogen-bond donors (Lipinski definition) is 0. The van der Waals surface area contributed by atoms with E-state index in [2.05, 4.69) is 0 Å². The maximum Gasteiger partial charge on any atom is 0.374 e. The summed E-state index contributed by atoms with van der Waals surface area (Å²) in [7, 11) is 1.66. The molecule has 5 rings (SSSR count). The van der Waals surface area contributed by atoms with Gasteiger partial charge in [-0.2, -0.15) is 0 Å². The molecule has 0 saturated carbocycles. The Morgan fingerprint density at radius 1 is 1.29 bits per heavy atom. The maximum absolute atomic E-state index is 13.6. The summed E-state index contributed by atoms with van der Waals surface area (Å²) < 4.78 is 18.1. The normalized spacial score (nSPS) is 13.1. The molecule has 1 aliphatic rings. The molecule has 3 aromatic heterocycles. The van der Waals surface area contributed by atoms with Gasteiger partial charge in [-0.1, -0.05) is 30.0 Å². The highest BCUT2D eigenvalue weighted by atomic mass is 32.2. The molecule has 9 heteroatoms. The molecule has 0 saturated heterocycles. The number of methoxy groups -OCH3 is 1. The number of para-hydroxylation sites is 1. The molecule has 4 aromatic rings. The van der Waals surface area contributed by atoms with Gasteiger partial charge in [-0.15, -0.1) is 11.3 Å². The van der Waals surface area contributed by atoms with Crippen LogP contribution < -0.4 is 5.56 Å². The van der Waals surface area contributed by atoms with E-state index in [0.29, 0.717) is 36.1 Å². The van der Waals surface area contributed by atoms with Crippen molar-refractivity contribution in [2.45, 2.75) is 50.1 Å². The quantitative estimate of drug-likeness (QED) is 0.136. The van der Waals surface area contributed by atoms with Crippen LogP contribution in [0.3, 0.4) is 0 Å². The van der Waals surface area contributed by atoms with Gasteiger partial charge in [0.25, 0.3) is 5.56 Å². The number of furan rings is 1. The van der Waals surface area contributed by atoms with Gasteiger partial charge in [0.1, 0.15) is 10.4 Å². The summed E-state index contributed by atoms with van der Waals surface area (Å²) in [5.41, 5.74) is 2.59. The van der Waals surface area contributed by atoms with Gasteiger partial charge in [-0.25, -0.2) is 9.78 Å². The lowest BCUT2D eigenvalue weighted by atomic mass is 10.1. The Bertz CT molecular complexity index is 1420. The molecule has 1 aliphatic carbocycles. The van der Waals surface area contributed by atoms with Crippen molar-refractivity contribution < 1.29 is 18.7 Å². The fraction of sp³-hybridized carbons (Fsp3) is 0.400. The van der Waals surface area contributed by atoms with Crippen LogP contribution in [-0.2, 0) is 34.6 Å². The minimum Gasteiger partial charge on any atom is -0.460 e. The zero-order chi connectivity index (χ0) is 23.7. The topological polar surface area (TPSA) is 83.6 Å². The van der Waals surface area contributed by atoms with Gasteiger partial charge >= 0.3 is 5.97 Å². The molecule has 0 unspecified atom stereocenters. The van der Waals surface area contributed by atoms with E-state index in [4.69, 9.17) is 18.9 Å². The van der Waals surface area contributed by atoms with Crippen molar-refractivity contribution in [3.05, 3.63) is 56.4 Å². The van der Waals surface area contributed by atoms with Crippen molar-refractivity contribution in [2.24, 2.45) is 0 Å². The van der Waals surface area contributed by atoms with Crippen LogP contribution in [0.15, 0.2) is 38.6 Å². The minimum absolute atomic E-state index is 0.0191. The Balaban J connectivity index is 1.55. The van der Waals surface area contributed by atoms with Crippen molar-refractivity contribution in [1.82, 2.24) is 9.55 Å². The second-order valence-electron chi connectivity index (χ2n) is 8.15. The number of benzene rings is 1. The predicted octanol–water partition coefficient (Wildman–Crippen LogP) is 5.20. The monoisotopic (exact) mass is 498 g/mol. The standard InChI is InChI=1S/C25H26N2O5S2/c1-3-31-24(29)21-17(15-8-4-5-10-18(15)32-21)14-33-25-26-22-20(16-9-6-11-19(16)34-22)23(28)27(25)12-7-13-30-2/h4-5,8,10H,3,6-7,9,11-14H2,1-2H3. The van der Waals surface area contributed by atoms with Crippen LogP contribution in [0.5, 0.6) is 0 Å². The van der Waals surface area contributed by atoms with E-state index in [1.165, 1.54) is 22.2 Å². The minimum atomic E-state index is -0.482. The molecule has 0 amide bonds. The zero-order valence-corrected chi connectivity index (χ0v) is 20.9. The second-order valence-corrected chi connectivity index (χ2v) is 10.2. The number of thiophene rings is 1. The van der Waals surface area contributed by atoms with Crippen LogP contribution in [-0.4, -0.2) is 35.8 Å². The molecule has 3 heterocycles. The van der Waals surface area contributed by atoms with Gasteiger partial charge in [-0.3, -0.25) is 9.36 Å². The highest BCUT2D eigenvalue weighted by molar-refractivity contribution is 7.98. The van der Waals surface area contributed by atoms with E-state index in [0.717, 1.165) is 40.4 Å². The smallest absolute Gasteiger partial charge is 0.374 e. The average Bonchev–Trinajstić information content (AvgIpc) is 3.52. The van der Waals surface area contributed by atoms with Gasteiger partial charge in [-0.05, 0) is 44.2 Å². The number of aryl methyl sites for hydroxylation is 2. The number of fused-ring (bicyclic) bond motifs is 4. The molecule has 7 nitrogen and oxygen atoms in total. The van der Waals surface area contributed by atoms with Crippen LogP contribution in [0.2, 0.25) is 0 Å². The van der Waals surface area contributed by atoms with Crippen molar-refractivity contribution >= 4 is 50.3 Å². The number of aromatic nitrogens is 2. The third kappa shape index (κ3) is 4.16. The summed E-state index contributed by atoms with van der Waals surface area (Å²) in [5.74, 6) is 0.156. The Morgan fingerprint density at radius 2 is 2.15 bits per heavy atom. The average molecular weight is 499 g/mol. The van der Waals surface area contributed by atoms with Crippen molar-refractivity contribution in [2.75, 3.05) is 20.3 Å². The van der Waals surface area contributed by atoms with Gasteiger partial charge in [0.05, 0.1) is 12.0 Å². The van der Waals surface area contributed by atoms with E-state index in [1.54, 1.807) is 29.9 Å². The first kappa shape index (κ1) is 23.1. The summed E-state index contributed by atoms with van der Waals surface area (Å²) in [6, 6.07) is 7.56. The largest absolute Gasteiger partial charge is 0.460 e. The Morgan fingerprint density at radius 3 is 2.97 bits per heavy atom. The lowest BCUT2D eigenvalue weighted by Crippen LogP contribution is -2.24. The van der Waals surface area contributed by atoms with E-state index >= 15 is 0 Å². The molecule has 0 spiro atoms. The number of carbonyl (C=O) groups excluding carboxylic acids is 1. The van der Waals surface area contributed by atoms with E-state index in [-0.39, 0.29) is 17.9 Å². The summed E-state index contributed by atoms with van der Waals surface area (Å²) in [6.07, 6.45) is 3.78. The van der Waals surface area contributed by atoms with Gasteiger partial charge in [0.15, 0.2) is 5.16 Å². The molecule has 0 N–H and O–H groups in total. The molecule has 0 bridgehead atoms.